The molecular weight excluding hydrogens is 186 g/mol. The molecular formula is C13H21NO. The van der Waals surface area contributed by atoms with Gasteiger partial charge < -0.3 is 10.4 Å². The van der Waals surface area contributed by atoms with E-state index in [4.69, 9.17) is 0 Å². The maximum Gasteiger partial charge on any atom is 0.0789 e. The minimum Gasteiger partial charge on any atom is -0.388 e. The maximum absolute atomic E-state index is 9.82. The average Bonchev–Trinajstić information content (AvgIpc) is 1.99. The summed E-state index contributed by atoms with van der Waals surface area (Å²) in [5, 5.41) is 13.1. The molecule has 0 heterocycles. The third-order valence-corrected chi connectivity index (χ3v) is 2.66. The van der Waals surface area contributed by atoms with E-state index >= 15 is 0 Å². The minimum atomic E-state index is -0.711. The second kappa shape index (κ2) is 4.23. The van der Waals surface area contributed by atoms with Crippen LogP contribution in [0.3, 0.4) is 0 Å². The van der Waals surface area contributed by atoms with E-state index in [0.29, 0.717) is 0 Å². The number of rotatable bonds is 3. The van der Waals surface area contributed by atoms with E-state index in [1.807, 2.05) is 20.8 Å². The summed E-state index contributed by atoms with van der Waals surface area (Å²) in [4.78, 5) is 0. The second-order valence-electron chi connectivity index (χ2n) is 4.90. The molecule has 1 aromatic rings. The normalized spacial score (nSPS) is 13.7. The van der Waals surface area contributed by atoms with Gasteiger partial charge in [-0.1, -0.05) is 6.07 Å². The molecule has 0 spiro atoms. The molecule has 0 aliphatic carbocycles. The van der Waals surface area contributed by atoms with Crippen LogP contribution >= 0.6 is 0 Å². The van der Waals surface area contributed by atoms with Crippen LogP contribution in [-0.2, 0) is 0 Å². The van der Waals surface area contributed by atoms with Gasteiger partial charge in [0.2, 0.25) is 0 Å². The number of nitrogens with one attached hydrogen (secondary N) is 1. The van der Waals surface area contributed by atoms with Crippen LogP contribution in [0, 0.1) is 13.8 Å². The van der Waals surface area contributed by atoms with Gasteiger partial charge in [0.15, 0.2) is 0 Å². The van der Waals surface area contributed by atoms with Crippen molar-refractivity contribution in [2.45, 2.75) is 46.3 Å². The fourth-order valence-corrected chi connectivity index (χ4v) is 1.48. The zero-order chi connectivity index (χ0) is 11.6. The molecule has 2 N–H and O–H groups in total. The van der Waals surface area contributed by atoms with E-state index < -0.39 is 5.60 Å². The monoisotopic (exact) mass is 207 g/mol. The molecule has 84 valence electrons. The Morgan fingerprint density at radius 1 is 1.13 bits per heavy atom. The van der Waals surface area contributed by atoms with Crippen molar-refractivity contribution in [1.82, 2.24) is 0 Å². The summed E-state index contributed by atoms with van der Waals surface area (Å²) >= 11 is 0. The average molecular weight is 207 g/mol. The number of hydrogen-bond acceptors (Lipinski definition) is 2. The van der Waals surface area contributed by atoms with E-state index in [9.17, 15) is 5.11 Å². The summed E-state index contributed by atoms with van der Waals surface area (Å²) in [7, 11) is 0. The number of anilines is 1. The number of benzene rings is 1. The SMILES string of the molecule is Cc1cc(C)cc(NC(C)C(C)(C)O)c1. The third-order valence-electron chi connectivity index (χ3n) is 2.66. The standard InChI is InChI=1S/C13H21NO/c1-9-6-10(2)8-12(7-9)14-11(3)13(4,5)15/h6-8,11,14-15H,1-5H3. The van der Waals surface area contributed by atoms with Crippen molar-refractivity contribution in [3.8, 4) is 0 Å². The molecule has 0 saturated carbocycles. The van der Waals surface area contributed by atoms with Gasteiger partial charge in [0.05, 0.1) is 11.6 Å². The van der Waals surface area contributed by atoms with Crippen LogP contribution in [0.1, 0.15) is 31.9 Å². The van der Waals surface area contributed by atoms with Gasteiger partial charge in [-0.3, -0.25) is 0 Å². The largest absolute Gasteiger partial charge is 0.388 e. The molecule has 15 heavy (non-hydrogen) atoms. The van der Waals surface area contributed by atoms with Crippen molar-refractivity contribution in [2.75, 3.05) is 5.32 Å². The lowest BCUT2D eigenvalue weighted by atomic mass is 10.00. The van der Waals surface area contributed by atoms with Crippen LogP contribution in [0.15, 0.2) is 18.2 Å². The first-order chi connectivity index (χ1) is 6.79. The predicted octanol–water partition coefficient (Wildman–Crippen LogP) is 2.87. The highest BCUT2D eigenvalue weighted by Crippen LogP contribution is 2.18. The van der Waals surface area contributed by atoms with Gasteiger partial charge in [0.1, 0.15) is 0 Å². The van der Waals surface area contributed by atoms with E-state index in [2.05, 4.69) is 37.4 Å². The lowest BCUT2D eigenvalue weighted by molar-refractivity contribution is 0.0649. The molecule has 0 radical (unpaired) electrons. The first-order valence-electron chi connectivity index (χ1n) is 5.36. The van der Waals surface area contributed by atoms with Crippen molar-refractivity contribution in [2.24, 2.45) is 0 Å². The Hall–Kier alpha value is -1.02. The van der Waals surface area contributed by atoms with Crippen molar-refractivity contribution >= 4 is 5.69 Å². The molecule has 0 aliphatic rings. The molecule has 2 nitrogen and oxygen atoms in total. The molecule has 0 amide bonds. The third kappa shape index (κ3) is 3.56. The van der Waals surface area contributed by atoms with Crippen LogP contribution in [0.2, 0.25) is 0 Å². The Morgan fingerprint density at radius 2 is 1.60 bits per heavy atom. The van der Waals surface area contributed by atoms with Gasteiger partial charge >= 0.3 is 0 Å². The van der Waals surface area contributed by atoms with Crippen LogP contribution in [0.25, 0.3) is 0 Å². The lowest BCUT2D eigenvalue weighted by Crippen LogP contribution is -2.39. The Kier molecular flexibility index (Phi) is 3.40. The predicted molar refractivity (Wildman–Crippen MR) is 65.3 cm³/mol. The van der Waals surface area contributed by atoms with Crippen molar-refractivity contribution in [3.63, 3.8) is 0 Å². The Morgan fingerprint density at radius 3 is 2.00 bits per heavy atom. The number of hydrogen-bond donors (Lipinski definition) is 2. The fraction of sp³-hybridized carbons (Fsp3) is 0.538. The molecule has 1 unspecified atom stereocenters. The first-order valence-corrected chi connectivity index (χ1v) is 5.36. The fourth-order valence-electron chi connectivity index (χ4n) is 1.48. The lowest BCUT2D eigenvalue weighted by Gasteiger charge is -2.27. The first kappa shape index (κ1) is 12.1. The van der Waals surface area contributed by atoms with E-state index in [1.54, 1.807) is 0 Å². The van der Waals surface area contributed by atoms with Gasteiger partial charge in [-0.25, -0.2) is 0 Å². The molecule has 0 saturated heterocycles. The highest BCUT2D eigenvalue weighted by Gasteiger charge is 2.21. The zero-order valence-corrected chi connectivity index (χ0v) is 10.3. The summed E-state index contributed by atoms with van der Waals surface area (Å²) in [5.74, 6) is 0. The van der Waals surface area contributed by atoms with E-state index in [0.717, 1.165) is 5.69 Å². The molecule has 0 aliphatic heterocycles. The number of aryl methyl sites for hydroxylation is 2. The number of aliphatic hydroxyl groups is 1. The Balaban J connectivity index is 2.81. The van der Waals surface area contributed by atoms with Crippen LogP contribution < -0.4 is 5.32 Å². The van der Waals surface area contributed by atoms with E-state index in [1.165, 1.54) is 11.1 Å². The van der Waals surface area contributed by atoms with Gasteiger partial charge in [0, 0.05) is 5.69 Å². The molecule has 0 bridgehead atoms. The summed E-state index contributed by atoms with van der Waals surface area (Å²) in [6, 6.07) is 6.35. The Labute approximate surface area is 92.3 Å². The highest BCUT2D eigenvalue weighted by atomic mass is 16.3. The Bertz CT molecular complexity index is 319. The van der Waals surface area contributed by atoms with Crippen molar-refractivity contribution < 1.29 is 5.11 Å². The quantitative estimate of drug-likeness (QED) is 0.798. The molecule has 1 rings (SSSR count). The molecule has 0 aromatic heterocycles. The van der Waals surface area contributed by atoms with Gasteiger partial charge in [-0.2, -0.15) is 0 Å². The summed E-state index contributed by atoms with van der Waals surface area (Å²) in [5.41, 5.74) is 2.83. The zero-order valence-electron chi connectivity index (χ0n) is 10.3. The summed E-state index contributed by atoms with van der Waals surface area (Å²) in [6.45, 7) is 9.76. The van der Waals surface area contributed by atoms with Crippen molar-refractivity contribution in [3.05, 3.63) is 29.3 Å². The minimum absolute atomic E-state index is 0.0266. The summed E-state index contributed by atoms with van der Waals surface area (Å²) < 4.78 is 0. The van der Waals surface area contributed by atoms with Crippen molar-refractivity contribution in [1.29, 1.82) is 0 Å². The molecule has 2 heteroatoms. The van der Waals surface area contributed by atoms with Gasteiger partial charge in [0.25, 0.3) is 0 Å². The van der Waals surface area contributed by atoms with E-state index in [-0.39, 0.29) is 6.04 Å². The molecule has 1 aromatic carbocycles. The maximum atomic E-state index is 9.82. The topological polar surface area (TPSA) is 32.3 Å². The smallest absolute Gasteiger partial charge is 0.0789 e. The van der Waals surface area contributed by atoms with Gasteiger partial charge in [-0.05, 0) is 57.9 Å². The van der Waals surface area contributed by atoms with Crippen LogP contribution in [0.4, 0.5) is 5.69 Å². The van der Waals surface area contributed by atoms with Gasteiger partial charge in [-0.15, -0.1) is 0 Å². The molecule has 1 atom stereocenters. The van der Waals surface area contributed by atoms with Crippen LogP contribution in [0.5, 0.6) is 0 Å². The van der Waals surface area contributed by atoms with Crippen LogP contribution in [-0.4, -0.2) is 16.7 Å². The summed E-state index contributed by atoms with van der Waals surface area (Å²) in [6.07, 6.45) is 0. The molecule has 0 fully saturated rings. The highest BCUT2D eigenvalue weighted by molar-refractivity contribution is 5.49. The second-order valence-corrected chi connectivity index (χ2v) is 4.90.